The van der Waals surface area contributed by atoms with Crippen molar-refractivity contribution in [3.63, 3.8) is 0 Å². The van der Waals surface area contributed by atoms with Crippen LogP contribution in [0.2, 0.25) is 0 Å². The zero-order valence-electron chi connectivity index (χ0n) is 12.7. The Morgan fingerprint density at radius 3 is 2.36 bits per heavy atom. The zero-order valence-corrected chi connectivity index (χ0v) is 14.3. The Morgan fingerprint density at radius 1 is 0.840 bits per heavy atom. The molecule has 3 heterocycles. The summed E-state index contributed by atoms with van der Waals surface area (Å²) < 4.78 is 20.2. The predicted molar refractivity (Wildman–Crippen MR) is 96.5 cm³/mol. The second-order valence-corrected chi connectivity index (χ2v) is 6.61. The Bertz CT molecular complexity index is 1240. The van der Waals surface area contributed by atoms with Crippen LogP contribution in [0.25, 0.3) is 44.7 Å². The number of hydrogen-bond donors (Lipinski definition) is 2. The first-order valence-corrected chi connectivity index (χ1v) is 8.36. The summed E-state index contributed by atoms with van der Waals surface area (Å²) in [6.45, 7) is 0. The van der Waals surface area contributed by atoms with Gasteiger partial charge in [-0.3, -0.25) is 0 Å². The summed E-state index contributed by atoms with van der Waals surface area (Å²) >= 11 is 3.48. The van der Waals surface area contributed by atoms with E-state index in [0.717, 1.165) is 31.9 Å². The fraction of sp³-hybridized carbons (Fsp3) is 0. The number of nitrogens with zero attached hydrogens (tertiary/aromatic N) is 2. The molecule has 7 heteroatoms. The molecule has 0 aliphatic rings. The standard InChI is InChI=1S/C18H10BrFN4O/c19-9-1-4-15-12(5-9)14(8-21-15)18-24-23-17(25-18)13-7-22-16-6-10(20)2-3-11(13)16/h1-8,21-22H. The lowest BCUT2D eigenvalue weighted by molar-refractivity contribution is 0.586. The van der Waals surface area contributed by atoms with Crippen LogP contribution >= 0.6 is 15.9 Å². The molecule has 0 saturated heterocycles. The molecular weight excluding hydrogens is 387 g/mol. The van der Waals surface area contributed by atoms with E-state index in [9.17, 15) is 4.39 Å². The summed E-state index contributed by atoms with van der Waals surface area (Å²) in [4.78, 5) is 6.23. The number of aromatic nitrogens is 4. The number of nitrogens with one attached hydrogen (secondary N) is 2. The average Bonchev–Trinajstić information content (AvgIpc) is 3.30. The van der Waals surface area contributed by atoms with Gasteiger partial charge in [-0.15, -0.1) is 10.2 Å². The molecule has 0 saturated carbocycles. The van der Waals surface area contributed by atoms with Crippen molar-refractivity contribution in [2.24, 2.45) is 0 Å². The first-order chi connectivity index (χ1) is 12.2. The van der Waals surface area contributed by atoms with Gasteiger partial charge in [0.05, 0.1) is 11.1 Å². The molecule has 0 fully saturated rings. The summed E-state index contributed by atoms with van der Waals surface area (Å²) in [7, 11) is 0. The van der Waals surface area contributed by atoms with Crippen LogP contribution in [0.4, 0.5) is 4.39 Å². The summed E-state index contributed by atoms with van der Waals surface area (Å²) in [5.41, 5.74) is 3.25. The van der Waals surface area contributed by atoms with Gasteiger partial charge in [-0.1, -0.05) is 15.9 Å². The molecule has 5 nitrogen and oxygen atoms in total. The van der Waals surface area contributed by atoms with Crippen molar-refractivity contribution in [3.8, 4) is 22.9 Å². The predicted octanol–water partition coefficient (Wildman–Crippen LogP) is 5.27. The van der Waals surface area contributed by atoms with E-state index in [-0.39, 0.29) is 5.82 Å². The van der Waals surface area contributed by atoms with Crippen LogP contribution in [0.3, 0.4) is 0 Å². The fourth-order valence-electron chi connectivity index (χ4n) is 2.99. The minimum atomic E-state index is -0.295. The monoisotopic (exact) mass is 396 g/mol. The number of fused-ring (bicyclic) bond motifs is 2. The van der Waals surface area contributed by atoms with Crippen LogP contribution in [0, 0.1) is 5.82 Å². The Labute approximate surface area is 149 Å². The number of hydrogen-bond acceptors (Lipinski definition) is 3. The zero-order chi connectivity index (χ0) is 17.0. The van der Waals surface area contributed by atoms with E-state index in [4.69, 9.17) is 4.42 Å². The molecule has 0 aliphatic carbocycles. The van der Waals surface area contributed by atoms with Gasteiger partial charge in [-0.25, -0.2) is 4.39 Å². The van der Waals surface area contributed by atoms with Crippen molar-refractivity contribution in [1.29, 1.82) is 0 Å². The molecule has 0 aliphatic heterocycles. The minimum Gasteiger partial charge on any atom is -0.416 e. The Hall–Kier alpha value is -2.93. The van der Waals surface area contributed by atoms with E-state index in [1.165, 1.54) is 12.1 Å². The minimum absolute atomic E-state index is 0.295. The normalized spacial score (nSPS) is 11.6. The third-order valence-corrected chi connectivity index (χ3v) is 4.67. The van der Waals surface area contributed by atoms with E-state index >= 15 is 0 Å². The topological polar surface area (TPSA) is 70.5 Å². The van der Waals surface area contributed by atoms with Crippen LogP contribution < -0.4 is 0 Å². The first kappa shape index (κ1) is 14.4. The average molecular weight is 397 g/mol. The molecule has 5 aromatic rings. The van der Waals surface area contributed by atoms with E-state index in [0.29, 0.717) is 17.3 Å². The van der Waals surface area contributed by atoms with E-state index in [1.54, 1.807) is 12.3 Å². The molecule has 2 N–H and O–H groups in total. The van der Waals surface area contributed by atoms with Crippen LogP contribution in [0.15, 0.2) is 57.7 Å². The lowest BCUT2D eigenvalue weighted by Crippen LogP contribution is -1.76. The smallest absolute Gasteiger partial charge is 0.250 e. The molecule has 122 valence electrons. The lowest BCUT2D eigenvalue weighted by atomic mass is 10.1. The molecule has 0 amide bonds. The first-order valence-electron chi connectivity index (χ1n) is 7.56. The quantitative estimate of drug-likeness (QED) is 0.427. The highest BCUT2D eigenvalue weighted by Crippen LogP contribution is 2.33. The molecule has 3 aromatic heterocycles. The second-order valence-electron chi connectivity index (χ2n) is 5.70. The second kappa shape index (κ2) is 5.29. The van der Waals surface area contributed by atoms with Gasteiger partial charge in [-0.2, -0.15) is 0 Å². The Kier molecular flexibility index (Phi) is 3.05. The Balaban J connectivity index is 1.64. The number of H-pyrrole nitrogens is 2. The molecule has 0 atom stereocenters. The summed E-state index contributed by atoms with van der Waals surface area (Å²) in [6.07, 6.45) is 3.59. The van der Waals surface area contributed by atoms with Crippen molar-refractivity contribution < 1.29 is 8.81 Å². The number of benzene rings is 2. The lowest BCUT2D eigenvalue weighted by Gasteiger charge is -1.95. The van der Waals surface area contributed by atoms with Crippen LogP contribution in [-0.2, 0) is 0 Å². The van der Waals surface area contributed by atoms with Gasteiger partial charge in [0.2, 0.25) is 11.8 Å². The van der Waals surface area contributed by atoms with Crippen LogP contribution in [-0.4, -0.2) is 20.2 Å². The maximum absolute atomic E-state index is 13.3. The maximum Gasteiger partial charge on any atom is 0.250 e. The molecule has 0 spiro atoms. The van der Waals surface area contributed by atoms with Gasteiger partial charge in [-0.05, 0) is 36.4 Å². The van der Waals surface area contributed by atoms with E-state index in [1.807, 2.05) is 24.4 Å². The molecule has 25 heavy (non-hydrogen) atoms. The summed E-state index contributed by atoms with van der Waals surface area (Å²) in [6, 6.07) is 10.5. The van der Waals surface area contributed by atoms with Crippen molar-refractivity contribution >= 4 is 37.7 Å². The molecule has 0 radical (unpaired) electrons. The SMILES string of the molecule is Fc1ccc2c(-c3nnc(-c4c[nH]c5ccc(Br)cc45)o3)c[nH]c2c1. The molecule has 5 rings (SSSR count). The Morgan fingerprint density at radius 2 is 1.56 bits per heavy atom. The van der Waals surface area contributed by atoms with Crippen molar-refractivity contribution in [2.75, 3.05) is 0 Å². The van der Waals surface area contributed by atoms with Gasteiger partial charge in [0.25, 0.3) is 0 Å². The number of aromatic amines is 2. The third kappa shape index (κ3) is 2.27. The number of halogens is 2. The molecule has 2 aromatic carbocycles. The third-order valence-electron chi connectivity index (χ3n) is 4.17. The van der Waals surface area contributed by atoms with Crippen LogP contribution in [0.5, 0.6) is 0 Å². The van der Waals surface area contributed by atoms with Crippen molar-refractivity contribution in [3.05, 3.63) is 59.1 Å². The highest BCUT2D eigenvalue weighted by molar-refractivity contribution is 9.10. The van der Waals surface area contributed by atoms with Gasteiger partial charge in [0, 0.05) is 38.7 Å². The van der Waals surface area contributed by atoms with Gasteiger partial charge >= 0.3 is 0 Å². The fourth-order valence-corrected chi connectivity index (χ4v) is 3.35. The highest BCUT2D eigenvalue weighted by Gasteiger charge is 2.17. The summed E-state index contributed by atoms with van der Waals surface area (Å²) in [5, 5.41) is 10.2. The largest absolute Gasteiger partial charge is 0.416 e. The number of rotatable bonds is 2. The molecule has 0 unspecified atom stereocenters. The molecule has 0 bridgehead atoms. The van der Waals surface area contributed by atoms with Crippen molar-refractivity contribution in [2.45, 2.75) is 0 Å². The van der Waals surface area contributed by atoms with E-state index < -0.39 is 0 Å². The van der Waals surface area contributed by atoms with Crippen molar-refractivity contribution in [1.82, 2.24) is 20.2 Å². The summed E-state index contributed by atoms with van der Waals surface area (Å²) in [5.74, 6) is 0.518. The van der Waals surface area contributed by atoms with Crippen LogP contribution in [0.1, 0.15) is 0 Å². The highest BCUT2D eigenvalue weighted by atomic mass is 79.9. The maximum atomic E-state index is 13.3. The van der Waals surface area contributed by atoms with Gasteiger partial charge < -0.3 is 14.4 Å². The van der Waals surface area contributed by atoms with Gasteiger partial charge in [0.1, 0.15) is 5.82 Å². The molecular formula is C18H10BrFN4O. The van der Waals surface area contributed by atoms with Gasteiger partial charge in [0.15, 0.2) is 0 Å². The van der Waals surface area contributed by atoms with E-state index in [2.05, 4.69) is 36.1 Å².